The Kier molecular flexibility index (Phi) is 6.54. The number of anilines is 1. The van der Waals surface area contributed by atoms with Crippen LogP contribution in [0.25, 0.3) is 0 Å². The van der Waals surface area contributed by atoms with Crippen LogP contribution in [0.2, 0.25) is 0 Å². The summed E-state index contributed by atoms with van der Waals surface area (Å²) in [6.07, 6.45) is 13.9. The van der Waals surface area contributed by atoms with Gasteiger partial charge in [0.1, 0.15) is 5.69 Å². The lowest BCUT2D eigenvalue weighted by Crippen LogP contribution is -2.58. The molecule has 7 heteroatoms. The van der Waals surface area contributed by atoms with Gasteiger partial charge < -0.3 is 20.6 Å². The SMILES string of the molecule is COC[C@]12CC[C@@](C)(O)C[C@@H]1CC[C@H]1[C@@H]3CC[C@H](C(=O)CNc4nccnc4C=N)[C@@]3(C)CC[C@@H]12. The smallest absolute Gasteiger partial charge is 0.155 e. The van der Waals surface area contributed by atoms with Crippen LogP contribution in [0.3, 0.4) is 0 Å². The number of carbonyl (C=O) groups excluding carboxylic acids is 1. The van der Waals surface area contributed by atoms with E-state index in [4.69, 9.17) is 10.1 Å². The highest BCUT2D eigenvalue weighted by atomic mass is 16.5. The topological polar surface area (TPSA) is 108 Å². The Balaban J connectivity index is 1.32. The number of fused-ring (bicyclic) bond motifs is 5. The van der Waals surface area contributed by atoms with Gasteiger partial charge in [-0.3, -0.25) is 4.79 Å². The molecule has 192 valence electrons. The minimum absolute atomic E-state index is 0.0495. The highest BCUT2D eigenvalue weighted by Crippen LogP contribution is 2.68. The number of hydrogen-bond acceptors (Lipinski definition) is 7. The Hall–Kier alpha value is -1.86. The monoisotopic (exact) mass is 482 g/mol. The van der Waals surface area contributed by atoms with Crippen LogP contribution in [0, 0.1) is 45.8 Å². The second kappa shape index (κ2) is 9.22. The molecule has 4 aliphatic rings. The van der Waals surface area contributed by atoms with Crippen molar-refractivity contribution in [2.75, 3.05) is 25.6 Å². The van der Waals surface area contributed by atoms with E-state index in [0.717, 1.165) is 45.1 Å². The van der Waals surface area contributed by atoms with Gasteiger partial charge in [-0.05, 0) is 99.2 Å². The zero-order chi connectivity index (χ0) is 24.8. The number of aromatic nitrogens is 2. The van der Waals surface area contributed by atoms with Gasteiger partial charge in [-0.25, -0.2) is 9.97 Å². The van der Waals surface area contributed by atoms with E-state index in [-0.39, 0.29) is 29.1 Å². The average molecular weight is 483 g/mol. The van der Waals surface area contributed by atoms with Gasteiger partial charge in [-0.1, -0.05) is 6.92 Å². The van der Waals surface area contributed by atoms with Crippen molar-refractivity contribution in [3.05, 3.63) is 18.1 Å². The summed E-state index contributed by atoms with van der Waals surface area (Å²) in [5.41, 5.74) is 0.146. The second-order valence-electron chi connectivity index (χ2n) is 12.4. The van der Waals surface area contributed by atoms with Gasteiger partial charge in [0.15, 0.2) is 11.6 Å². The molecule has 1 aromatic heterocycles. The standard InChI is InChI=1S/C28H42N4O3/c1-26(34)10-11-28(17-35-3)18(14-26)4-5-19-20-6-7-22(27(20,2)9-8-21(19)28)24(33)16-32-25-23(15-29)30-12-13-31-25/h12-13,15,18-22,29,34H,4-11,14,16-17H2,1-3H3,(H,31,32)/t18-,19-,20-,21-,22+,26+,27-,28+/m0/s1. The molecule has 4 saturated carbocycles. The van der Waals surface area contributed by atoms with E-state index in [1.54, 1.807) is 12.4 Å². The molecule has 0 saturated heterocycles. The van der Waals surface area contributed by atoms with Crippen molar-refractivity contribution in [3.63, 3.8) is 0 Å². The summed E-state index contributed by atoms with van der Waals surface area (Å²) in [6.45, 7) is 5.44. The number of nitrogens with one attached hydrogen (secondary N) is 2. The Labute approximate surface area is 209 Å². The minimum atomic E-state index is -0.545. The molecular weight excluding hydrogens is 440 g/mol. The molecule has 0 bridgehead atoms. The van der Waals surface area contributed by atoms with E-state index < -0.39 is 5.60 Å². The lowest BCUT2D eigenvalue weighted by atomic mass is 9.43. The van der Waals surface area contributed by atoms with Crippen LogP contribution >= 0.6 is 0 Å². The maximum absolute atomic E-state index is 13.5. The Morgan fingerprint density at radius 2 is 1.94 bits per heavy atom. The number of ketones is 1. The summed E-state index contributed by atoms with van der Waals surface area (Å²) in [6, 6.07) is 0. The summed E-state index contributed by atoms with van der Waals surface area (Å²) < 4.78 is 5.88. The maximum atomic E-state index is 13.5. The third-order valence-corrected chi connectivity index (χ3v) is 10.7. The number of rotatable bonds is 7. The molecule has 0 amide bonds. The maximum Gasteiger partial charge on any atom is 0.155 e. The van der Waals surface area contributed by atoms with Crippen molar-refractivity contribution in [2.24, 2.45) is 40.4 Å². The zero-order valence-electron chi connectivity index (χ0n) is 21.6. The minimum Gasteiger partial charge on any atom is -0.390 e. The van der Waals surface area contributed by atoms with Crippen LogP contribution in [0.1, 0.15) is 77.3 Å². The van der Waals surface area contributed by atoms with Crippen LogP contribution in [0.4, 0.5) is 5.82 Å². The largest absolute Gasteiger partial charge is 0.390 e. The van der Waals surface area contributed by atoms with Crippen LogP contribution in [-0.4, -0.2) is 52.9 Å². The number of hydrogen-bond donors (Lipinski definition) is 3. The quantitative estimate of drug-likeness (QED) is 0.494. The average Bonchev–Trinajstić information content (AvgIpc) is 3.20. The van der Waals surface area contributed by atoms with Crippen molar-refractivity contribution >= 4 is 17.8 Å². The molecule has 3 N–H and O–H groups in total. The molecule has 8 atom stereocenters. The van der Waals surface area contributed by atoms with Crippen LogP contribution in [0.5, 0.6) is 0 Å². The summed E-state index contributed by atoms with van der Waals surface area (Å²) in [4.78, 5) is 21.9. The van der Waals surface area contributed by atoms with Crippen LogP contribution in [-0.2, 0) is 9.53 Å². The highest BCUT2D eigenvalue weighted by molar-refractivity contribution is 5.88. The van der Waals surface area contributed by atoms with Crippen molar-refractivity contribution in [1.82, 2.24) is 9.97 Å². The normalized spacial score (nSPS) is 42.5. The van der Waals surface area contributed by atoms with E-state index in [0.29, 0.717) is 35.2 Å². The molecule has 7 nitrogen and oxygen atoms in total. The van der Waals surface area contributed by atoms with Crippen LogP contribution < -0.4 is 5.32 Å². The summed E-state index contributed by atoms with van der Waals surface area (Å²) >= 11 is 0. The lowest BCUT2D eigenvalue weighted by molar-refractivity contribution is -0.175. The number of Topliss-reactive ketones (excluding diaryl/α,β-unsaturated/α-hetero) is 1. The van der Waals surface area contributed by atoms with E-state index in [1.165, 1.54) is 25.5 Å². The number of nitrogens with zero attached hydrogens (tertiary/aromatic N) is 2. The first-order chi connectivity index (χ1) is 16.7. The van der Waals surface area contributed by atoms with E-state index in [2.05, 4.69) is 22.2 Å². The molecular formula is C28H42N4O3. The molecule has 5 rings (SSSR count). The van der Waals surface area contributed by atoms with Crippen molar-refractivity contribution in [2.45, 2.75) is 77.2 Å². The van der Waals surface area contributed by atoms with Gasteiger partial charge in [0, 0.05) is 31.6 Å². The third kappa shape index (κ3) is 4.12. The van der Waals surface area contributed by atoms with Crippen molar-refractivity contribution in [3.8, 4) is 0 Å². The van der Waals surface area contributed by atoms with Crippen LogP contribution in [0.15, 0.2) is 12.4 Å². The van der Waals surface area contributed by atoms with Gasteiger partial charge in [0.2, 0.25) is 0 Å². The first-order valence-electron chi connectivity index (χ1n) is 13.5. The Morgan fingerprint density at radius 3 is 2.71 bits per heavy atom. The fourth-order valence-electron chi connectivity index (χ4n) is 9.20. The summed E-state index contributed by atoms with van der Waals surface area (Å²) in [5.74, 6) is 3.26. The van der Waals surface area contributed by atoms with Crippen molar-refractivity contribution in [1.29, 1.82) is 5.41 Å². The lowest BCUT2D eigenvalue weighted by Gasteiger charge is -2.62. The molecule has 4 fully saturated rings. The van der Waals surface area contributed by atoms with Gasteiger partial charge in [0.05, 0.1) is 18.8 Å². The molecule has 4 aliphatic carbocycles. The molecule has 1 aromatic rings. The van der Waals surface area contributed by atoms with Crippen molar-refractivity contribution < 1.29 is 14.6 Å². The molecule has 1 heterocycles. The summed E-state index contributed by atoms with van der Waals surface area (Å²) in [7, 11) is 1.84. The predicted molar refractivity (Wildman–Crippen MR) is 135 cm³/mol. The number of aliphatic hydroxyl groups is 1. The first-order valence-corrected chi connectivity index (χ1v) is 13.5. The van der Waals surface area contributed by atoms with E-state index >= 15 is 0 Å². The zero-order valence-corrected chi connectivity index (χ0v) is 21.6. The Bertz CT molecular complexity index is 967. The Morgan fingerprint density at radius 1 is 1.14 bits per heavy atom. The summed E-state index contributed by atoms with van der Waals surface area (Å²) in [5, 5.41) is 21.5. The number of carbonyl (C=O) groups is 1. The van der Waals surface area contributed by atoms with Gasteiger partial charge >= 0.3 is 0 Å². The second-order valence-corrected chi connectivity index (χ2v) is 12.4. The molecule has 0 aliphatic heterocycles. The third-order valence-electron chi connectivity index (χ3n) is 10.7. The molecule has 0 spiro atoms. The van der Waals surface area contributed by atoms with E-state index in [9.17, 15) is 9.90 Å². The fraction of sp³-hybridized carbons (Fsp3) is 0.786. The number of ether oxygens (including phenoxy) is 1. The molecule has 35 heavy (non-hydrogen) atoms. The molecule has 0 unspecified atom stereocenters. The van der Waals surface area contributed by atoms with Gasteiger partial charge in [-0.2, -0.15) is 0 Å². The van der Waals surface area contributed by atoms with Gasteiger partial charge in [0.25, 0.3) is 0 Å². The number of methoxy groups -OCH3 is 1. The fourth-order valence-corrected chi connectivity index (χ4v) is 9.20. The first kappa shape index (κ1) is 24.8. The predicted octanol–water partition coefficient (Wildman–Crippen LogP) is 4.49. The molecule has 0 radical (unpaired) electrons. The van der Waals surface area contributed by atoms with Gasteiger partial charge in [-0.15, -0.1) is 0 Å². The van der Waals surface area contributed by atoms with E-state index in [1.807, 2.05) is 14.0 Å². The molecule has 0 aromatic carbocycles. The highest BCUT2D eigenvalue weighted by Gasteiger charge is 2.63.